The maximum Gasteiger partial charge on any atom is 0.0325 e. The van der Waals surface area contributed by atoms with E-state index in [9.17, 15) is 0 Å². The number of benzene rings is 1. The molecule has 4 aliphatic rings. The van der Waals surface area contributed by atoms with E-state index in [-0.39, 0.29) is 0 Å². The average molecular weight is 283 g/mol. The van der Waals surface area contributed by atoms with Gasteiger partial charge in [0.05, 0.1) is 0 Å². The predicted octanol–water partition coefficient (Wildman–Crippen LogP) is 4.94. The summed E-state index contributed by atoms with van der Waals surface area (Å²) in [4.78, 5) is 0. The van der Waals surface area contributed by atoms with Crippen LogP contribution in [0.4, 0.5) is 0 Å². The first-order chi connectivity index (χ1) is 10.3. The zero-order chi connectivity index (χ0) is 14.3. The van der Waals surface area contributed by atoms with Gasteiger partial charge in [-0.2, -0.15) is 0 Å². The third kappa shape index (κ3) is 2.65. The average Bonchev–Trinajstić information content (AvgIpc) is 2.46. The summed E-state index contributed by atoms with van der Waals surface area (Å²) in [6.07, 6.45) is 10.6. The lowest BCUT2D eigenvalue weighted by Crippen LogP contribution is -2.47. The zero-order valence-corrected chi connectivity index (χ0v) is 13.4. The highest BCUT2D eigenvalue weighted by molar-refractivity contribution is 5.20. The molecule has 0 amide bonds. The van der Waals surface area contributed by atoms with Crippen LogP contribution in [0.15, 0.2) is 30.3 Å². The van der Waals surface area contributed by atoms with Gasteiger partial charge >= 0.3 is 0 Å². The quantitative estimate of drug-likeness (QED) is 0.806. The Balaban J connectivity index is 1.55. The van der Waals surface area contributed by atoms with Crippen molar-refractivity contribution < 1.29 is 0 Å². The van der Waals surface area contributed by atoms with Gasteiger partial charge in [0.15, 0.2) is 0 Å². The molecule has 1 N–H and O–H groups in total. The Morgan fingerprint density at radius 3 is 2.10 bits per heavy atom. The largest absolute Gasteiger partial charge is 0.310 e. The van der Waals surface area contributed by atoms with Crippen LogP contribution in [0.2, 0.25) is 0 Å². The molecule has 1 atom stereocenters. The van der Waals surface area contributed by atoms with Crippen LogP contribution in [0, 0.1) is 23.2 Å². The summed E-state index contributed by atoms with van der Waals surface area (Å²) in [6.45, 7) is 3.32. The molecule has 1 aromatic carbocycles. The Hall–Kier alpha value is -0.820. The summed E-state index contributed by atoms with van der Waals surface area (Å²) in [5.41, 5.74) is 2.16. The van der Waals surface area contributed by atoms with E-state index in [2.05, 4.69) is 42.6 Å². The van der Waals surface area contributed by atoms with Crippen LogP contribution in [-0.4, -0.2) is 6.54 Å². The molecule has 114 valence electrons. The molecule has 21 heavy (non-hydrogen) atoms. The summed E-state index contributed by atoms with van der Waals surface area (Å²) in [5, 5.41) is 3.77. The van der Waals surface area contributed by atoms with Crippen molar-refractivity contribution in [3.63, 3.8) is 0 Å². The molecule has 1 heteroatoms. The molecule has 4 fully saturated rings. The Labute approximate surface area is 129 Å². The van der Waals surface area contributed by atoms with E-state index in [1.165, 1.54) is 31.2 Å². The summed E-state index contributed by atoms with van der Waals surface area (Å²) in [7, 11) is 0. The van der Waals surface area contributed by atoms with E-state index in [4.69, 9.17) is 0 Å². The van der Waals surface area contributed by atoms with Crippen LogP contribution in [0.5, 0.6) is 0 Å². The molecule has 4 bridgehead atoms. The third-order valence-electron chi connectivity index (χ3n) is 6.45. The first kappa shape index (κ1) is 13.8. The highest BCUT2D eigenvalue weighted by atomic mass is 14.9. The molecule has 0 aromatic heterocycles. The van der Waals surface area contributed by atoms with Crippen LogP contribution < -0.4 is 5.32 Å². The van der Waals surface area contributed by atoms with E-state index in [1.807, 2.05) is 0 Å². The molecule has 4 aliphatic carbocycles. The van der Waals surface area contributed by atoms with Gasteiger partial charge in [-0.3, -0.25) is 0 Å². The van der Waals surface area contributed by atoms with Crippen LogP contribution in [0.25, 0.3) is 0 Å². The third-order valence-corrected chi connectivity index (χ3v) is 6.45. The fourth-order valence-electron chi connectivity index (χ4n) is 6.21. The molecule has 1 aromatic rings. The molecule has 1 unspecified atom stereocenters. The van der Waals surface area contributed by atoms with Gasteiger partial charge in [-0.1, -0.05) is 37.3 Å². The van der Waals surface area contributed by atoms with Gasteiger partial charge < -0.3 is 5.32 Å². The van der Waals surface area contributed by atoms with Gasteiger partial charge in [0.25, 0.3) is 0 Å². The van der Waals surface area contributed by atoms with Gasteiger partial charge in [0.2, 0.25) is 0 Å². The van der Waals surface area contributed by atoms with Gasteiger partial charge in [0, 0.05) is 6.04 Å². The first-order valence-electron chi connectivity index (χ1n) is 9.05. The normalized spacial score (nSPS) is 38.6. The summed E-state index contributed by atoms with van der Waals surface area (Å²) in [5.74, 6) is 3.19. The second-order valence-corrected chi connectivity index (χ2v) is 8.14. The minimum Gasteiger partial charge on any atom is -0.310 e. The van der Waals surface area contributed by atoms with Crippen molar-refractivity contribution in [2.75, 3.05) is 6.54 Å². The topological polar surface area (TPSA) is 12.0 Å². The monoisotopic (exact) mass is 283 g/mol. The summed E-state index contributed by atoms with van der Waals surface area (Å²) in [6, 6.07) is 11.7. The van der Waals surface area contributed by atoms with Crippen molar-refractivity contribution in [2.24, 2.45) is 23.2 Å². The van der Waals surface area contributed by atoms with Crippen molar-refractivity contribution in [3.05, 3.63) is 35.9 Å². The van der Waals surface area contributed by atoms with Gasteiger partial charge in [0.1, 0.15) is 0 Å². The van der Waals surface area contributed by atoms with Crippen molar-refractivity contribution in [1.82, 2.24) is 5.32 Å². The number of hydrogen-bond acceptors (Lipinski definition) is 1. The summed E-state index contributed by atoms with van der Waals surface area (Å²) >= 11 is 0. The maximum absolute atomic E-state index is 3.77. The van der Waals surface area contributed by atoms with Gasteiger partial charge in [-0.15, -0.1) is 0 Å². The lowest BCUT2D eigenvalue weighted by Gasteiger charge is -2.57. The Morgan fingerprint density at radius 2 is 1.57 bits per heavy atom. The van der Waals surface area contributed by atoms with Crippen LogP contribution in [0.3, 0.4) is 0 Å². The van der Waals surface area contributed by atoms with E-state index in [0.717, 1.165) is 24.3 Å². The Kier molecular flexibility index (Phi) is 3.57. The Morgan fingerprint density at radius 1 is 1.00 bits per heavy atom. The molecule has 0 heterocycles. The van der Waals surface area contributed by atoms with Crippen molar-refractivity contribution >= 4 is 0 Å². The van der Waals surface area contributed by atoms with Gasteiger partial charge in [-0.25, -0.2) is 0 Å². The SMILES string of the molecule is CCNC(CC12CC3CC(CC(C3)C1)C2)c1ccccc1. The van der Waals surface area contributed by atoms with Crippen LogP contribution in [0.1, 0.15) is 63.5 Å². The fourth-order valence-corrected chi connectivity index (χ4v) is 6.21. The molecular formula is C20H29N. The molecule has 1 nitrogen and oxygen atoms in total. The second kappa shape index (κ2) is 5.43. The zero-order valence-electron chi connectivity index (χ0n) is 13.4. The molecular weight excluding hydrogens is 254 g/mol. The van der Waals surface area contributed by atoms with Crippen molar-refractivity contribution in [1.29, 1.82) is 0 Å². The van der Waals surface area contributed by atoms with Crippen molar-refractivity contribution in [2.45, 2.75) is 57.9 Å². The first-order valence-corrected chi connectivity index (χ1v) is 9.05. The minimum atomic E-state index is 0.562. The molecule has 5 rings (SSSR count). The van der Waals surface area contributed by atoms with Crippen LogP contribution >= 0.6 is 0 Å². The highest BCUT2D eigenvalue weighted by Gasteiger charge is 2.51. The van der Waals surface area contributed by atoms with E-state index >= 15 is 0 Å². The molecule has 0 radical (unpaired) electrons. The predicted molar refractivity (Wildman–Crippen MR) is 88.1 cm³/mol. The Bertz CT molecular complexity index is 443. The molecule has 0 saturated heterocycles. The smallest absolute Gasteiger partial charge is 0.0325 e. The maximum atomic E-state index is 3.77. The van der Waals surface area contributed by atoms with E-state index in [0.29, 0.717) is 11.5 Å². The minimum absolute atomic E-state index is 0.562. The summed E-state index contributed by atoms with van der Waals surface area (Å²) < 4.78 is 0. The fraction of sp³-hybridized carbons (Fsp3) is 0.700. The van der Waals surface area contributed by atoms with E-state index < -0.39 is 0 Å². The van der Waals surface area contributed by atoms with Crippen molar-refractivity contribution in [3.8, 4) is 0 Å². The number of nitrogens with one attached hydrogen (secondary N) is 1. The molecule has 0 spiro atoms. The number of rotatable bonds is 5. The van der Waals surface area contributed by atoms with Gasteiger partial charge in [-0.05, 0) is 80.2 Å². The molecule has 4 saturated carbocycles. The lowest BCUT2D eigenvalue weighted by molar-refractivity contribution is -0.0622. The lowest BCUT2D eigenvalue weighted by atomic mass is 9.48. The standard InChI is InChI=1S/C20H29N/c1-2-21-19(18-6-4-3-5-7-18)14-20-11-15-8-16(12-20)10-17(9-15)13-20/h3-7,15-17,19,21H,2,8-14H2,1H3. The van der Waals surface area contributed by atoms with E-state index in [1.54, 1.807) is 19.3 Å². The van der Waals surface area contributed by atoms with Crippen LogP contribution in [-0.2, 0) is 0 Å². The number of hydrogen-bond donors (Lipinski definition) is 1. The highest BCUT2D eigenvalue weighted by Crippen LogP contribution is 2.62. The second-order valence-electron chi connectivity index (χ2n) is 8.14. The molecule has 0 aliphatic heterocycles.